The van der Waals surface area contributed by atoms with E-state index in [1.54, 1.807) is 0 Å². The molecule has 3 aromatic rings. The van der Waals surface area contributed by atoms with Crippen LogP contribution in [0.5, 0.6) is 0 Å². The van der Waals surface area contributed by atoms with Gasteiger partial charge >= 0.3 is 5.97 Å². The molecule has 0 fully saturated rings. The summed E-state index contributed by atoms with van der Waals surface area (Å²) in [7, 11) is 1.27. The summed E-state index contributed by atoms with van der Waals surface area (Å²) in [6, 6.07) is 11.8. The van der Waals surface area contributed by atoms with Crippen LogP contribution in [0.2, 0.25) is 0 Å². The Morgan fingerprint density at radius 3 is 2.60 bits per heavy atom. The Hall–Kier alpha value is -2.95. The molecule has 1 N–H and O–H groups in total. The molecule has 0 aliphatic heterocycles. The van der Waals surface area contributed by atoms with Crippen molar-refractivity contribution in [2.45, 2.75) is 12.8 Å². The highest BCUT2D eigenvalue weighted by Crippen LogP contribution is 2.41. The van der Waals surface area contributed by atoms with Crippen LogP contribution in [0.4, 0.5) is 8.78 Å². The standard InChI is InChI=1S/C20H15F2NO2/c1-25-20(24)19-16(13-7-4-8-15(21)17(13)22)14-10-9-11-5-2-3-6-12(11)18(14)23-19/h2-8,23H,9-10H2,1H3. The summed E-state index contributed by atoms with van der Waals surface area (Å²) in [6.07, 6.45) is 1.40. The maximum atomic E-state index is 14.4. The third kappa shape index (κ3) is 2.35. The van der Waals surface area contributed by atoms with E-state index >= 15 is 0 Å². The molecule has 1 aliphatic carbocycles. The summed E-state index contributed by atoms with van der Waals surface area (Å²) in [4.78, 5) is 15.4. The van der Waals surface area contributed by atoms with Gasteiger partial charge < -0.3 is 9.72 Å². The van der Waals surface area contributed by atoms with Crippen molar-refractivity contribution in [1.29, 1.82) is 0 Å². The fraction of sp³-hybridized carbons (Fsp3) is 0.150. The van der Waals surface area contributed by atoms with Crippen LogP contribution in [0.1, 0.15) is 21.6 Å². The average molecular weight is 339 g/mol. The van der Waals surface area contributed by atoms with Gasteiger partial charge in [0.25, 0.3) is 0 Å². The van der Waals surface area contributed by atoms with Gasteiger partial charge in [-0.15, -0.1) is 0 Å². The molecular formula is C20H15F2NO2. The number of hydrogen-bond acceptors (Lipinski definition) is 2. The van der Waals surface area contributed by atoms with Crippen molar-refractivity contribution in [2.24, 2.45) is 0 Å². The zero-order valence-electron chi connectivity index (χ0n) is 13.5. The van der Waals surface area contributed by atoms with Crippen molar-refractivity contribution < 1.29 is 18.3 Å². The number of aromatic nitrogens is 1. The minimum absolute atomic E-state index is 0.0669. The van der Waals surface area contributed by atoms with Crippen molar-refractivity contribution in [2.75, 3.05) is 7.11 Å². The first-order valence-corrected chi connectivity index (χ1v) is 7.97. The van der Waals surface area contributed by atoms with E-state index in [0.717, 1.165) is 34.9 Å². The lowest BCUT2D eigenvalue weighted by Gasteiger charge is -2.17. The number of aryl methyl sites for hydroxylation is 1. The molecule has 3 nitrogen and oxygen atoms in total. The largest absolute Gasteiger partial charge is 0.464 e. The topological polar surface area (TPSA) is 42.1 Å². The Labute approximate surface area is 143 Å². The Kier molecular flexibility index (Phi) is 3.64. The number of halogens is 2. The van der Waals surface area contributed by atoms with Crippen LogP contribution in [0.15, 0.2) is 42.5 Å². The number of ether oxygens (including phenoxy) is 1. The molecule has 5 heteroatoms. The molecule has 0 saturated carbocycles. The second-order valence-corrected chi connectivity index (χ2v) is 5.98. The number of carbonyl (C=O) groups is 1. The number of methoxy groups -OCH3 is 1. The van der Waals surface area contributed by atoms with E-state index < -0.39 is 17.6 Å². The predicted octanol–water partition coefficient (Wildman–Crippen LogP) is 4.51. The van der Waals surface area contributed by atoms with Crippen LogP contribution < -0.4 is 0 Å². The zero-order chi connectivity index (χ0) is 17.6. The number of hydrogen-bond donors (Lipinski definition) is 1. The summed E-state index contributed by atoms with van der Waals surface area (Å²) >= 11 is 0. The SMILES string of the molecule is COC(=O)c1[nH]c2c(c1-c1cccc(F)c1F)CCc1ccccc1-2. The molecule has 0 bridgehead atoms. The van der Waals surface area contributed by atoms with E-state index in [-0.39, 0.29) is 11.3 Å². The van der Waals surface area contributed by atoms with E-state index in [1.807, 2.05) is 24.3 Å². The second kappa shape index (κ2) is 5.84. The fourth-order valence-corrected chi connectivity index (χ4v) is 3.51. The normalized spacial score (nSPS) is 12.4. The first kappa shape index (κ1) is 15.6. The predicted molar refractivity (Wildman–Crippen MR) is 90.3 cm³/mol. The number of nitrogens with one attached hydrogen (secondary N) is 1. The number of aromatic amines is 1. The molecule has 1 heterocycles. The van der Waals surface area contributed by atoms with Gasteiger partial charge in [-0.1, -0.05) is 36.4 Å². The van der Waals surface area contributed by atoms with Crippen molar-refractivity contribution in [3.8, 4) is 22.4 Å². The lowest BCUT2D eigenvalue weighted by Crippen LogP contribution is -2.05. The Balaban J connectivity index is 2.03. The molecule has 126 valence electrons. The molecule has 4 rings (SSSR count). The van der Waals surface area contributed by atoms with Crippen LogP contribution in [-0.2, 0) is 17.6 Å². The molecule has 25 heavy (non-hydrogen) atoms. The first-order valence-electron chi connectivity index (χ1n) is 7.97. The highest BCUT2D eigenvalue weighted by molar-refractivity contribution is 5.99. The molecule has 0 atom stereocenters. The number of fused-ring (bicyclic) bond motifs is 3. The molecule has 0 radical (unpaired) electrons. The molecule has 2 aromatic carbocycles. The summed E-state index contributed by atoms with van der Waals surface area (Å²) in [6.45, 7) is 0. The van der Waals surface area contributed by atoms with E-state index in [0.29, 0.717) is 12.0 Å². The van der Waals surface area contributed by atoms with Gasteiger partial charge in [0.05, 0.1) is 12.8 Å². The third-order valence-electron chi connectivity index (χ3n) is 4.65. The van der Waals surface area contributed by atoms with Gasteiger partial charge in [-0.2, -0.15) is 0 Å². The van der Waals surface area contributed by atoms with Gasteiger partial charge in [0.1, 0.15) is 5.69 Å². The molecule has 0 saturated heterocycles. The lowest BCUT2D eigenvalue weighted by molar-refractivity contribution is 0.0596. The first-order chi connectivity index (χ1) is 12.1. The Bertz CT molecular complexity index is 991. The lowest BCUT2D eigenvalue weighted by atomic mass is 9.86. The number of benzene rings is 2. The van der Waals surface area contributed by atoms with Gasteiger partial charge in [0.2, 0.25) is 0 Å². The van der Waals surface area contributed by atoms with Gasteiger partial charge in [0.15, 0.2) is 11.6 Å². The Morgan fingerprint density at radius 1 is 1.04 bits per heavy atom. The summed E-state index contributed by atoms with van der Waals surface area (Å²) in [5.41, 5.74) is 4.29. The highest BCUT2D eigenvalue weighted by Gasteiger charge is 2.29. The number of H-pyrrole nitrogens is 1. The fourth-order valence-electron chi connectivity index (χ4n) is 3.51. The van der Waals surface area contributed by atoms with Crippen molar-refractivity contribution in [1.82, 2.24) is 4.98 Å². The van der Waals surface area contributed by atoms with Crippen molar-refractivity contribution >= 4 is 5.97 Å². The van der Waals surface area contributed by atoms with Crippen LogP contribution in [0, 0.1) is 11.6 Å². The molecule has 1 aromatic heterocycles. The van der Waals surface area contributed by atoms with Crippen LogP contribution in [0.25, 0.3) is 22.4 Å². The average Bonchev–Trinajstić information content (AvgIpc) is 3.03. The maximum absolute atomic E-state index is 14.4. The minimum Gasteiger partial charge on any atom is -0.464 e. The van der Waals surface area contributed by atoms with E-state index in [1.165, 1.54) is 19.2 Å². The van der Waals surface area contributed by atoms with E-state index in [2.05, 4.69) is 4.98 Å². The van der Waals surface area contributed by atoms with Crippen molar-refractivity contribution in [3.05, 3.63) is 70.9 Å². The van der Waals surface area contributed by atoms with Gasteiger partial charge in [0, 0.05) is 16.7 Å². The monoisotopic (exact) mass is 339 g/mol. The summed E-state index contributed by atoms with van der Waals surface area (Å²) in [5.74, 6) is -2.52. The second-order valence-electron chi connectivity index (χ2n) is 5.98. The molecular weight excluding hydrogens is 324 g/mol. The van der Waals surface area contributed by atoms with Gasteiger partial charge in [-0.3, -0.25) is 0 Å². The number of carbonyl (C=O) groups excluding carboxylic acids is 1. The van der Waals surface area contributed by atoms with Crippen molar-refractivity contribution in [3.63, 3.8) is 0 Å². The van der Waals surface area contributed by atoms with E-state index in [9.17, 15) is 13.6 Å². The van der Waals surface area contributed by atoms with Gasteiger partial charge in [-0.05, 0) is 30.0 Å². The van der Waals surface area contributed by atoms with Crippen LogP contribution >= 0.6 is 0 Å². The smallest absolute Gasteiger partial charge is 0.355 e. The maximum Gasteiger partial charge on any atom is 0.355 e. The molecule has 1 aliphatic rings. The number of esters is 1. The van der Waals surface area contributed by atoms with Crippen LogP contribution in [0.3, 0.4) is 0 Å². The summed E-state index contributed by atoms with van der Waals surface area (Å²) < 4.78 is 33.0. The summed E-state index contributed by atoms with van der Waals surface area (Å²) in [5, 5.41) is 0. The highest BCUT2D eigenvalue weighted by atomic mass is 19.2. The number of rotatable bonds is 2. The minimum atomic E-state index is -0.965. The molecule has 0 amide bonds. The Morgan fingerprint density at radius 2 is 1.80 bits per heavy atom. The zero-order valence-corrected chi connectivity index (χ0v) is 13.5. The van der Waals surface area contributed by atoms with Gasteiger partial charge in [-0.25, -0.2) is 13.6 Å². The third-order valence-corrected chi connectivity index (χ3v) is 4.65. The molecule has 0 spiro atoms. The van der Waals surface area contributed by atoms with E-state index in [4.69, 9.17) is 4.74 Å². The van der Waals surface area contributed by atoms with Crippen LogP contribution in [-0.4, -0.2) is 18.1 Å². The quantitative estimate of drug-likeness (QED) is 0.698. The molecule has 0 unspecified atom stereocenters.